The second-order valence-corrected chi connectivity index (χ2v) is 4.19. The summed E-state index contributed by atoms with van der Waals surface area (Å²) in [4.78, 5) is 0. The van der Waals surface area contributed by atoms with Crippen molar-refractivity contribution in [2.45, 2.75) is 20.3 Å². The summed E-state index contributed by atoms with van der Waals surface area (Å²) in [6.45, 7) is 3.21. The average molecular weight is 250 g/mol. The van der Waals surface area contributed by atoms with Gasteiger partial charge in [0.25, 0.3) is 0 Å². The van der Waals surface area contributed by atoms with Crippen molar-refractivity contribution < 1.29 is 13.2 Å². The first-order valence-corrected chi connectivity index (χ1v) is 5.78. The summed E-state index contributed by atoms with van der Waals surface area (Å²) in [5, 5.41) is 0. The van der Waals surface area contributed by atoms with Crippen LogP contribution >= 0.6 is 0 Å². The molecule has 0 N–H and O–H groups in total. The zero-order chi connectivity index (χ0) is 13.3. The highest BCUT2D eigenvalue weighted by Gasteiger charge is 2.12. The van der Waals surface area contributed by atoms with E-state index in [1.807, 2.05) is 6.92 Å². The van der Waals surface area contributed by atoms with Crippen molar-refractivity contribution in [2.24, 2.45) is 0 Å². The molecule has 2 aromatic carbocycles. The molecule has 2 rings (SSSR count). The molecule has 2 aromatic rings. The lowest BCUT2D eigenvalue weighted by Crippen LogP contribution is -1.94. The molecule has 0 aromatic heterocycles. The maximum atomic E-state index is 13.9. The van der Waals surface area contributed by atoms with E-state index >= 15 is 0 Å². The van der Waals surface area contributed by atoms with Gasteiger partial charge in [-0.3, -0.25) is 0 Å². The van der Waals surface area contributed by atoms with Gasteiger partial charge in [-0.25, -0.2) is 13.2 Å². The van der Waals surface area contributed by atoms with E-state index in [0.717, 1.165) is 0 Å². The Bertz CT molecular complexity index is 589. The van der Waals surface area contributed by atoms with Gasteiger partial charge in [0, 0.05) is 11.1 Å². The van der Waals surface area contributed by atoms with Crippen LogP contribution in [0, 0.1) is 24.4 Å². The van der Waals surface area contributed by atoms with Crippen LogP contribution in [0.3, 0.4) is 0 Å². The van der Waals surface area contributed by atoms with Gasteiger partial charge < -0.3 is 0 Å². The number of rotatable bonds is 2. The third kappa shape index (κ3) is 2.13. The lowest BCUT2D eigenvalue weighted by Gasteiger charge is -2.08. The van der Waals surface area contributed by atoms with Crippen molar-refractivity contribution in [1.82, 2.24) is 0 Å². The minimum Gasteiger partial charge on any atom is -0.207 e. The van der Waals surface area contributed by atoms with Crippen LogP contribution in [0.15, 0.2) is 30.3 Å². The number of aryl methyl sites for hydroxylation is 1. The lowest BCUT2D eigenvalue weighted by atomic mass is 10.00. The van der Waals surface area contributed by atoms with Crippen LogP contribution in [0.4, 0.5) is 13.2 Å². The predicted molar refractivity (Wildman–Crippen MR) is 65.9 cm³/mol. The Hall–Kier alpha value is -1.77. The molecular formula is C15H13F3. The maximum absolute atomic E-state index is 13.9. The van der Waals surface area contributed by atoms with Crippen molar-refractivity contribution in [1.29, 1.82) is 0 Å². The number of benzene rings is 2. The highest BCUT2D eigenvalue weighted by molar-refractivity contribution is 5.65. The van der Waals surface area contributed by atoms with Crippen LogP contribution in [-0.4, -0.2) is 0 Å². The van der Waals surface area contributed by atoms with E-state index in [1.165, 1.54) is 25.1 Å². The van der Waals surface area contributed by atoms with Crippen LogP contribution in [0.5, 0.6) is 0 Å². The Kier molecular flexibility index (Phi) is 3.41. The molecule has 0 saturated carbocycles. The summed E-state index contributed by atoms with van der Waals surface area (Å²) >= 11 is 0. The van der Waals surface area contributed by atoms with E-state index in [9.17, 15) is 13.2 Å². The van der Waals surface area contributed by atoms with Gasteiger partial charge in [0.2, 0.25) is 0 Å². The fourth-order valence-electron chi connectivity index (χ4n) is 1.89. The molecule has 0 nitrogen and oxygen atoms in total. The monoisotopic (exact) mass is 250 g/mol. The SMILES string of the molecule is CCc1ccc(-c2ccc(F)c(C)c2F)cc1F. The molecule has 0 radical (unpaired) electrons. The average Bonchev–Trinajstić information content (AvgIpc) is 2.36. The normalized spacial score (nSPS) is 10.7. The summed E-state index contributed by atoms with van der Waals surface area (Å²) in [6.07, 6.45) is 0.580. The first-order valence-electron chi connectivity index (χ1n) is 5.78. The van der Waals surface area contributed by atoms with Crippen molar-refractivity contribution in [2.75, 3.05) is 0 Å². The fourth-order valence-corrected chi connectivity index (χ4v) is 1.89. The molecule has 0 unspecified atom stereocenters. The van der Waals surface area contributed by atoms with Crippen LogP contribution < -0.4 is 0 Å². The van der Waals surface area contributed by atoms with Gasteiger partial charge in [-0.1, -0.05) is 19.1 Å². The highest BCUT2D eigenvalue weighted by atomic mass is 19.1. The summed E-state index contributed by atoms with van der Waals surface area (Å²) in [5.41, 5.74) is 1.17. The second kappa shape index (κ2) is 4.84. The number of halogens is 3. The molecule has 18 heavy (non-hydrogen) atoms. The maximum Gasteiger partial charge on any atom is 0.136 e. The number of hydrogen-bond acceptors (Lipinski definition) is 0. The summed E-state index contributed by atoms with van der Waals surface area (Å²) in [5.74, 6) is -1.60. The second-order valence-electron chi connectivity index (χ2n) is 4.19. The van der Waals surface area contributed by atoms with Gasteiger partial charge in [-0.2, -0.15) is 0 Å². The lowest BCUT2D eigenvalue weighted by molar-refractivity contribution is 0.570. The quantitative estimate of drug-likeness (QED) is 0.728. The molecule has 0 bridgehead atoms. The van der Waals surface area contributed by atoms with Crippen LogP contribution in [0.25, 0.3) is 11.1 Å². The van der Waals surface area contributed by atoms with Crippen molar-refractivity contribution in [3.05, 3.63) is 58.9 Å². The van der Waals surface area contributed by atoms with Gasteiger partial charge in [-0.15, -0.1) is 0 Å². The van der Waals surface area contributed by atoms with E-state index in [-0.39, 0.29) is 16.9 Å². The molecule has 3 heteroatoms. The minimum absolute atomic E-state index is 0.0486. The van der Waals surface area contributed by atoms with E-state index < -0.39 is 11.6 Å². The first kappa shape index (κ1) is 12.7. The van der Waals surface area contributed by atoms with Gasteiger partial charge >= 0.3 is 0 Å². The van der Waals surface area contributed by atoms with E-state index in [4.69, 9.17) is 0 Å². The van der Waals surface area contributed by atoms with Crippen molar-refractivity contribution in [3.8, 4) is 11.1 Å². The first-order chi connectivity index (χ1) is 8.54. The number of hydrogen-bond donors (Lipinski definition) is 0. The third-order valence-electron chi connectivity index (χ3n) is 3.07. The minimum atomic E-state index is -0.640. The standard InChI is InChI=1S/C15H13F3/c1-3-10-4-5-11(8-14(10)17)12-6-7-13(16)9(2)15(12)18/h4-8H,3H2,1-2H3. The largest absolute Gasteiger partial charge is 0.207 e. The molecule has 94 valence electrons. The smallest absolute Gasteiger partial charge is 0.136 e. The Morgan fingerprint density at radius 2 is 1.67 bits per heavy atom. The van der Waals surface area contributed by atoms with Gasteiger partial charge in [0.15, 0.2) is 0 Å². The summed E-state index contributed by atoms with van der Waals surface area (Å²) < 4.78 is 40.7. The zero-order valence-electron chi connectivity index (χ0n) is 10.2. The van der Waals surface area contributed by atoms with Crippen molar-refractivity contribution >= 4 is 0 Å². The molecule has 0 heterocycles. The summed E-state index contributed by atoms with van der Waals surface area (Å²) in [6, 6.07) is 7.09. The van der Waals surface area contributed by atoms with Gasteiger partial charge in [0.1, 0.15) is 17.5 Å². The summed E-state index contributed by atoms with van der Waals surface area (Å²) in [7, 11) is 0. The highest BCUT2D eigenvalue weighted by Crippen LogP contribution is 2.27. The van der Waals surface area contributed by atoms with E-state index in [2.05, 4.69) is 0 Å². The Morgan fingerprint density at radius 3 is 2.28 bits per heavy atom. The molecule has 0 atom stereocenters. The van der Waals surface area contributed by atoms with Crippen molar-refractivity contribution in [3.63, 3.8) is 0 Å². The van der Waals surface area contributed by atoms with Crippen LogP contribution in [0.2, 0.25) is 0 Å². The molecule has 0 aliphatic rings. The van der Waals surface area contributed by atoms with Gasteiger partial charge in [0.05, 0.1) is 0 Å². The van der Waals surface area contributed by atoms with Gasteiger partial charge in [-0.05, 0) is 42.7 Å². The van der Waals surface area contributed by atoms with E-state index in [0.29, 0.717) is 17.5 Å². The Morgan fingerprint density at radius 1 is 0.944 bits per heavy atom. The molecule has 0 saturated heterocycles. The van der Waals surface area contributed by atoms with Crippen LogP contribution in [-0.2, 0) is 6.42 Å². The van der Waals surface area contributed by atoms with Crippen LogP contribution in [0.1, 0.15) is 18.1 Å². The molecule has 0 aliphatic carbocycles. The zero-order valence-corrected chi connectivity index (χ0v) is 10.2. The third-order valence-corrected chi connectivity index (χ3v) is 3.07. The molecular weight excluding hydrogens is 237 g/mol. The molecule has 0 fully saturated rings. The predicted octanol–water partition coefficient (Wildman–Crippen LogP) is 4.64. The molecule has 0 amide bonds. The Balaban J connectivity index is 2.56. The molecule has 0 aliphatic heterocycles. The Labute approximate surface area is 104 Å². The fraction of sp³-hybridized carbons (Fsp3) is 0.200. The topological polar surface area (TPSA) is 0 Å². The molecule has 0 spiro atoms. The van der Waals surface area contributed by atoms with E-state index in [1.54, 1.807) is 12.1 Å².